The van der Waals surface area contributed by atoms with Crippen LogP contribution in [0.5, 0.6) is 0 Å². The Morgan fingerprint density at radius 2 is 1.28 bits per heavy atom. The average Bonchev–Trinajstić information content (AvgIpc) is 3.28. The second-order valence-corrected chi connectivity index (χ2v) is 7.85. The van der Waals surface area contributed by atoms with Crippen molar-refractivity contribution >= 4 is 65.3 Å². The van der Waals surface area contributed by atoms with E-state index in [1.54, 1.807) is 0 Å². The Kier molecular flexibility index (Phi) is 2.71. The summed E-state index contributed by atoms with van der Waals surface area (Å²) in [6.45, 7) is 0. The van der Waals surface area contributed by atoms with Crippen molar-refractivity contribution < 1.29 is 4.42 Å². The van der Waals surface area contributed by atoms with Crippen LogP contribution in [0.15, 0.2) is 89.3 Å². The van der Waals surface area contributed by atoms with Gasteiger partial charge in [-0.1, -0.05) is 66.7 Å². The molecular weight excluding hydrogens is 354 g/mol. The Morgan fingerprint density at radius 1 is 0.621 bits per heavy atom. The van der Waals surface area contributed by atoms with Gasteiger partial charge in [-0.2, -0.15) is 0 Å². The van der Waals surface area contributed by atoms with E-state index in [-0.39, 0.29) is 0 Å². The third kappa shape index (κ3) is 1.81. The Labute approximate surface area is 166 Å². The molecule has 0 saturated carbocycles. The van der Waals surface area contributed by atoms with Gasteiger partial charge >= 0.3 is 0 Å². The van der Waals surface area contributed by atoms with Crippen molar-refractivity contribution in [1.82, 2.24) is 4.57 Å². The van der Waals surface area contributed by atoms with Crippen molar-refractivity contribution in [2.24, 2.45) is 7.05 Å². The molecule has 0 unspecified atom stereocenters. The van der Waals surface area contributed by atoms with Gasteiger partial charge in [-0.3, -0.25) is 0 Å². The summed E-state index contributed by atoms with van der Waals surface area (Å²) in [5, 5.41) is 9.80. The van der Waals surface area contributed by atoms with Crippen LogP contribution < -0.4 is 0 Å². The van der Waals surface area contributed by atoms with Gasteiger partial charge in [0.15, 0.2) is 0 Å². The number of hydrogen-bond acceptors (Lipinski definition) is 1. The number of para-hydroxylation sites is 1. The molecule has 0 aliphatic heterocycles. The third-order valence-corrected chi connectivity index (χ3v) is 6.34. The van der Waals surface area contributed by atoms with E-state index in [1.165, 1.54) is 54.1 Å². The molecule has 0 spiro atoms. The molecule has 0 N–H and O–H groups in total. The van der Waals surface area contributed by atoms with E-state index in [1.807, 2.05) is 0 Å². The predicted octanol–water partition coefficient (Wildman–Crippen LogP) is 7.54. The zero-order valence-electron chi connectivity index (χ0n) is 15.9. The zero-order chi connectivity index (χ0) is 19.1. The molecule has 29 heavy (non-hydrogen) atoms. The fraction of sp³-hybridized carbons (Fsp3) is 0.0370. The highest BCUT2D eigenvalue weighted by molar-refractivity contribution is 6.35. The highest BCUT2D eigenvalue weighted by Gasteiger charge is 2.20. The van der Waals surface area contributed by atoms with Crippen molar-refractivity contribution in [2.45, 2.75) is 0 Å². The van der Waals surface area contributed by atoms with Crippen molar-refractivity contribution in [1.29, 1.82) is 0 Å². The van der Waals surface area contributed by atoms with Gasteiger partial charge < -0.3 is 8.98 Å². The molecule has 0 amide bonds. The molecular formula is C27H17NO. The summed E-state index contributed by atoms with van der Waals surface area (Å²) in [6, 6.07) is 30.3. The van der Waals surface area contributed by atoms with Crippen LogP contribution in [0, 0.1) is 0 Å². The summed E-state index contributed by atoms with van der Waals surface area (Å²) in [5.41, 5.74) is 4.40. The predicted molar refractivity (Wildman–Crippen MR) is 123 cm³/mol. The monoisotopic (exact) mass is 371 g/mol. The Hall–Kier alpha value is -3.78. The molecule has 0 aliphatic rings. The first-order valence-electron chi connectivity index (χ1n) is 9.94. The van der Waals surface area contributed by atoms with Crippen LogP contribution in [0.2, 0.25) is 0 Å². The van der Waals surface area contributed by atoms with E-state index in [2.05, 4.69) is 96.5 Å². The molecule has 5 aromatic carbocycles. The number of aryl methyl sites for hydroxylation is 1. The lowest BCUT2D eigenvalue weighted by Crippen LogP contribution is -1.88. The van der Waals surface area contributed by atoms with Crippen LogP contribution in [-0.2, 0) is 7.05 Å². The molecule has 0 atom stereocenters. The first kappa shape index (κ1) is 15.2. The van der Waals surface area contributed by atoms with Crippen LogP contribution in [0.25, 0.3) is 65.3 Å². The van der Waals surface area contributed by atoms with Crippen LogP contribution >= 0.6 is 0 Å². The number of aromatic nitrogens is 1. The Morgan fingerprint density at radius 3 is 2.10 bits per heavy atom. The maximum Gasteiger partial charge on any atom is 0.146 e. The van der Waals surface area contributed by atoms with Crippen molar-refractivity contribution in [3.8, 4) is 0 Å². The van der Waals surface area contributed by atoms with Crippen LogP contribution in [-0.4, -0.2) is 4.57 Å². The van der Waals surface area contributed by atoms with Crippen LogP contribution in [0.1, 0.15) is 0 Å². The minimum atomic E-state index is 0.948. The minimum absolute atomic E-state index is 0.948. The molecule has 0 saturated heterocycles. The lowest BCUT2D eigenvalue weighted by atomic mass is 9.98. The number of hydrogen-bond donors (Lipinski definition) is 0. The molecule has 2 aromatic heterocycles. The van der Waals surface area contributed by atoms with Crippen molar-refractivity contribution in [3.63, 3.8) is 0 Å². The van der Waals surface area contributed by atoms with Gasteiger partial charge in [0.05, 0.1) is 10.9 Å². The van der Waals surface area contributed by atoms with Gasteiger partial charge in [0.1, 0.15) is 11.2 Å². The van der Waals surface area contributed by atoms with Crippen molar-refractivity contribution in [3.05, 3.63) is 84.9 Å². The summed E-state index contributed by atoms with van der Waals surface area (Å²) in [5.74, 6) is 0. The zero-order valence-corrected chi connectivity index (χ0v) is 15.9. The van der Waals surface area contributed by atoms with E-state index >= 15 is 0 Å². The van der Waals surface area contributed by atoms with Gasteiger partial charge in [-0.25, -0.2) is 0 Å². The second-order valence-electron chi connectivity index (χ2n) is 7.85. The smallest absolute Gasteiger partial charge is 0.146 e. The normalized spacial score (nSPS) is 12.3. The quantitative estimate of drug-likeness (QED) is 0.269. The van der Waals surface area contributed by atoms with E-state index in [4.69, 9.17) is 4.42 Å². The number of rotatable bonds is 0. The topological polar surface area (TPSA) is 18.1 Å². The SMILES string of the molecule is Cn1c2ccccc2c2c3oc4cc5ccccc5cc4c3c3ccccc3c21. The molecule has 7 rings (SSSR count). The molecule has 0 fully saturated rings. The maximum atomic E-state index is 6.59. The first-order valence-corrected chi connectivity index (χ1v) is 9.94. The first-order chi connectivity index (χ1) is 14.3. The molecule has 2 nitrogen and oxygen atoms in total. The molecule has 7 aromatic rings. The second kappa shape index (κ2) is 5.18. The van der Waals surface area contributed by atoms with Gasteiger partial charge in [0.2, 0.25) is 0 Å². The summed E-state index contributed by atoms with van der Waals surface area (Å²) in [6.07, 6.45) is 0. The van der Waals surface area contributed by atoms with Crippen molar-refractivity contribution in [2.75, 3.05) is 0 Å². The molecule has 0 bridgehead atoms. The summed E-state index contributed by atoms with van der Waals surface area (Å²) in [7, 11) is 2.15. The van der Waals surface area contributed by atoms with Gasteiger partial charge in [0.25, 0.3) is 0 Å². The molecule has 2 heteroatoms. The van der Waals surface area contributed by atoms with Gasteiger partial charge in [-0.05, 0) is 34.4 Å². The molecule has 136 valence electrons. The van der Waals surface area contributed by atoms with Gasteiger partial charge in [0, 0.05) is 34.1 Å². The van der Waals surface area contributed by atoms with E-state index in [0.29, 0.717) is 0 Å². The minimum Gasteiger partial charge on any atom is -0.455 e. The maximum absolute atomic E-state index is 6.59. The van der Waals surface area contributed by atoms with Crippen LogP contribution in [0.3, 0.4) is 0 Å². The Balaban J connectivity index is 1.88. The van der Waals surface area contributed by atoms with Gasteiger partial charge in [-0.15, -0.1) is 0 Å². The van der Waals surface area contributed by atoms with E-state index in [0.717, 1.165) is 11.2 Å². The largest absolute Gasteiger partial charge is 0.455 e. The molecule has 0 aliphatic carbocycles. The Bertz CT molecular complexity index is 1760. The molecule has 2 heterocycles. The fourth-order valence-electron chi connectivity index (χ4n) is 5.07. The summed E-state index contributed by atoms with van der Waals surface area (Å²) in [4.78, 5) is 0. The molecule has 0 radical (unpaired) electrons. The highest BCUT2D eigenvalue weighted by atomic mass is 16.3. The van der Waals surface area contributed by atoms with Crippen LogP contribution in [0.4, 0.5) is 0 Å². The number of nitrogens with zero attached hydrogens (tertiary/aromatic N) is 1. The summed E-state index contributed by atoms with van der Waals surface area (Å²) < 4.78 is 8.89. The average molecular weight is 371 g/mol. The number of furan rings is 1. The van der Waals surface area contributed by atoms with E-state index < -0.39 is 0 Å². The fourth-order valence-corrected chi connectivity index (χ4v) is 5.07. The number of benzene rings is 5. The highest BCUT2D eigenvalue weighted by Crippen LogP contribution is 2.44. The third-order valence-electron chi connectivity index (χ3n) is 6.34. The lowest BCUT2D eigenvalue weighted by molar-refractivity contribution is 0.673. The number of fused-ring (bicyclic) bond motifs is 11. The van der Waals surface area contributed by atoms with E-state index in [9.17, 15) is 0 Å². The summed E-state index contributed by atoms with van der Waals surface area (Å²) >= 11 is 0. The standard InChI is InChI=1S/C27H17NO/c1-28-22-13-7-6-12-20(22)25-26(28)19-11-5-4-10-18(19)24-21-14-16-8-2-3-9-17(16)15-23(21)29-27(24)25/h2-15H,1H3. The lowest BCUT2D eigenvalue weighted by Gasteiger charge is -2.05.